The number of nitrogens with zero attached hydrogens (tertiary/aromatic N) is 1. The molecule has 1 aliphatic rings. The summed E-state index contributed by atoms with van der Waals surface area (Å²) in [6, 6.07) is 12.2. The Morgan fingerprint density at radius 2 is 1.92 bits per heavy atom. The molecular formula is C17H15ClFN3O2. The van der Waals surface area contributed by atoms with Crippen molar-refractivity contribution < 1.29 is 14.0 Å². The fourth-order valence-corrected chi connectivity index (χ4v) is 2.77. The van der Waals surface area contributed by atoms with E-state index in [9.17, 15) is 14.0 Å². The summed E-state index contributed by atoms with van der Waals surface area (Å²) in [5, 5.41) is 4.86. The molecule has 24 heavy (non-hydrogen) atoms. The van der Waals surface area contributed by atoms with Crippen LogP contribution in [-0.4, -0.2) is 24.5 Å². The lowest BCUT2D eigenvalue weighted by Crippen LogP contribution is -2.43. The smallest absolute Gasteiger partial charge is 0.319 e. The van der Waals surface area contributed by atoms with Gasteiger partial charge in [0.1, 0.15) is 6.04 Å². The van der Waals surface area contributed by atoms with E-state index in [4.69, 9.17) is 11.6 Å². The molecular weight excluding hydrogens is 333 g/mol. The van der Waals surface area contributed by atoms with Crippen LogP contribution in [0.1, 0.15) is 6.42 Å². The highest BCUT2D eigenvalue weighted by Crippen LogP contribution is 2.23. The van der Waals surface area contributed by atoms with Crippen molar-refractivity contribution in [3.05, 3.63) is 59.4 Å². The van der Waals surface area contributed by atoms with Gasteiger partial charge in [0, 0.05) is 12.2 Å². The van der Waals surface area contributed by atoms with E-state index < -0.39 is 17.9 Å². The Kier molecular flexibility index (Phi) is 4.66. The van der Waals surface area contributed by atoms with Crippen LogP contribution in [0, 0.1) is 5.82 Å². The number of anilines is 2. The van der Waals surface area contributed by atoms with E-state index >= 15 is 0 Å². The maximum absolute atomic E-state index is 13.8. The van der Waals surface area contributed by atoms with Gasteiger partial charge in [0.05, 0.1) is 10.7 Å². The van der Waals surface area contributed by atoms with Crippen LogP contribution in [0.15, 0.2) is 48.5 Å². The number of hydrogen-bond donors (Lipinski definition) is 2. The number of carbonyl (C=O) groups excluding carboxylic acids is 2. The van der Waals surface area contributed by atoms with E-state index in [-0.39, 0.29) is 16.6 Å². The molecule has 1 heterocycles. The van der Waals surface area contributed by atoms with E-state index in [1.165, 1.54) is 18.2 Å². The maximum Gasteiger partial charge on any atom is 0.319 e. The van der Waals surface area contributed by atoms with E-state index in [0.29, 0.717) is 13.0 Å². The molecule has 1 atom stereocenters. The molecule has 5 nitrogen and oxygen atoms in total. The van der Waals surface area contributed by atoms with Crippen LogP contribution in [0.25, 0.3) is 0 Å². The monoisotopic (exact) mass is 347 g/mol. The van der Waals surface area contributed by atoms with Gasteiger partial charge in [-0.3, -0.25) is 4.79 Å². The van der Waals surface area contributed by atoms with Crippen molar-refractivity contribution in [2.45, 2.75) is 12.5 Å². The highest BCUT2D eigenvalue weighted by molar-refractivity contribution is 6.31. The van der Waals surface area contributed by atoms with Gasteiger partial charge in [0.15, 0.2) is 5.82 Å². The van der Waals surface area contributed by atoms with Gasteiger partial charge < -0.3 is 15.5 Å². The van der Waals surface area contributed by atoms with E-state index in [2.05, 4.69) is 10.6 Å². The van der Waals surface area contributed by atoms with Gasteiger partial charge in [0.2, 0.25) is 5.91 Å². The number of carbonyl (C=O) groups is 2. The molecule has 1 fully saturated rings. The molecule has 3 rings (SSSR count). The van der Waals surface area contributed by atoms with Crippen molar-refractivity contribution in [2.24, 2.45) is 0 Å². The maximum atomic E-state index is 13.8. The van der Waals surface area contributed by atoms with Gasteiger partial charge in [-0.2, -0.15) is 0 Å². The van der Waals surface area contributed by atoms with Crippen molar-refractivity contribution in [3.63, 3.8) is 0 Å². The molecule has 0 radical (unpaired) electrons. The van der Waals surface area contributed by atoms with Crippen molar-refractivity contribution in [1.82, 2.24) is 5.32 Å². The first-order valence-corrected chi connectivity index (χ1v) is 7.82. The molecule has 0 aliphatic carbocycles. The quantitative estimate of drug-likeness (QED) is 0.893. The van der Waals surface area contributed by atoms with Crippen LogP contribution in [0.5, 0.6) is 0 Å². The van der Waals surface area contributed by atoms with Crippen LogP contribution >= 0.6 is 11.6 Å². The van der Waals surface area contributed by atoms with Crippen LogP contribution in [-0.2, 0) is 4.79 Å². The van der Waals surface area contributed by atoms with Crippen LogP contribution < -0.4 is 15.5 Å². The summed E-state index contributed by atoms with van der Waals surface area (Å²) in [5.74, 6) is -0.902. The minimum atomic E-state index is -0.710. The second kappa shape index (κ2) is 6.88. The van der Waals surface area contributed by atoms with Crippen molar-refractivity contribution in [2.75, 3.05) is 16.8 Å². The molecule has 2 aromatic carbocycles. The minimum Gasteiger partial charge on any atom is -0.326 e. The Labute approximate surface area is 143 Å². The molecule has 124 valence electrons. The lowest BCUT2D eigenvalue weighted by atomic mass is 10.2. The van der Waals surface area contributed by atoms with Gasteiger partial charge in [-0.1, -0.05) is 35.9 Å². The first-order chi connectivity index (χ1) is 11.6. The molecule has 0 saturated carbocycles. The second-order valence-electron chi connectivity index (χ2n) is 5.37. The Morgan fingerprint density at radius 3 is 2.67 bits per heavy atom. The molecule has 1 saturated heterocycles. The molecule has 0 bridgehead atoms. The normalized spacial score (nSPS) is 17.0. The molecule has 0 aromatic heterocycles. The number of benzene rings is 2. The van der Waals surface area contributed by atoms with Gasteiger partial charge >= 0.3 is 6.03 Å². The van der Waals surface area contributed by atoms with Crippen LogP contribution in [0.2, 0.25) is 5.02 Å². The minimum absolute atomic E-state index is 0.0367. The lowest BCUT2D eigenvalue weighted by molar-refractivity contribution is -0.118. The standard InChI is InChI=1S/C17H15ClFN3O2/c18-12-7-4-8-13(15(12)19)20-17(24)21-14-9-10-22(16(14)23)11-5-2-1-3-6-11/h1-8,14H,9-10H2,(H2,20,21,24)/t14-/m1/s1. The molecule has 7 heteroatoms. The third-order valence-corrected chi connectivity index (χ3v) is 4.07. The molecule has 2 N–H and O–H groups in total. The second-order valence-corrected chi connectivity index (χ2v) is 5.77. The summed E-state index contributed by atoms with van der Waals surface area (Å²) >= 11 is 5.67. The zero-order chi connectivity index (χ0) is 17.1. The highest BCUT2D eigenvalue weighted by Gasteiger charge is 2.33. The number of nitrogens with one attached hydrogen (secondary N) is 2. The van der Waals surface area contributed by atoms with Crippen molar-refractivity contribution >= 4 is 34.9 Å². The number of hydrogen-bond acceptors (Lipinski definition) is 2. The van der Waals surface area contributed by atoms with Crippen molar-refractivity contribution in [1.29, 1.82) is 0 Å². The predicted octanol–water partition coefficient (Wildman–Crippen LogP) is 3.41. The summed E-state index contributed by atoms with van der Waals surface area (Å²) in [4.78, 5) is 26.0. The molecule has 0 unspecified atom stereocenters. The third kappa shape index (κ3) is 3.33. The average Bonchev–Trinajstić information content (AvgIpc) is 2.93. The zero-order valence-corrected chi connectivity index (χ0v) is 13.4. The Morgan fingerprint density at radius 1 is 1.17 bits per heavy atom. The number of urea groups is 1. The predicted molar refractivity (Wildman–Crippen MR) is 90.8 cm³/mol. The summed E-state index contributed by atoms with van der Waals surface area (Å²) in [6.45, 7) is 0.513. The number of rotatable bonds is 3. The first-order valence-electron chi connectivity index (χ1n) is 7.44. The highest BCUT2D eigenvalue weighted by atomic mass is 35.5. The van der Waals surface area contributed by atoms with Gasteiger partial charge in [-0.25, -0.2) is 9.18 Å². The Balaban J connectivity index is 1.63. The van der Waals surface area contributed by atoms with E-state index in [1.807, 2.05) is 30.3 Å². The van der Waals surface area contributed by atoms with Gasteiger partial charge in [-0.15, -0.1) is 0 Å². The van der Waals surface area contributed by atoms with Crippen LogP contribution in [0.3, 0.4) is 0 Å². The molecule has 2 aromatic rings. The first kappa shape index (κ1) is 16.3. The topological polar surface area (TPSA) is 61.4 Å². The summed E-state index contributed by atoms with van der Waals surface area (Å²) < 4.78 is 13.8. The largest absolute Gasteiger partial charge is 0.326 e. The average molecular weight is 348 g/mol. The fourth-order valence-electron chi connectivity index (χ4n) is 2.60. The Bertz CT molecular complexity index is 770. The Hall–Kier alpha value is -2.60. The third-order valence-electron chi connectivity index (χ3n) is 3.78. The SMILES string of the molecule is O=C(Nc1cccc(Cl)c1F)N[C@@H]1CCN(c2ccccc2)C1=O. The molecule has 0 spiro atoms. The number of para-hydroxylation sites is 1. The van der Waals surface area contributed by atoms with E-state index in [1.54, 1.807) is 4.90 Å². The summed E-state index contributed by atoms with van der Waals surface area (Å²) in [5.41, 5.74) is 0.749. The van der Waals surface area contributed by atoms with Crippen molar-refractivity contribution in [3.8, 4) is 0 Å². The summed E-state index contributed by atoms with van der Waals surface area (Å²) in [6.07, 6.45) is 0.485. The number of halogens is 2. The fraction of sp³-hybridized carbons (Fsp3) is 0.176. The molecule has 1 aliphatic heterocycles. The zero-order valence-electron chi connectivity index (χ0n) is 12.6. The number of amides is 3. The van der Waals surface area contributed by atoms with Gasteiger partial charge in [-0.05, 0) is 30.7 Å². The summed E-state index contributed by atoms with van der Waals surface area (Å²) in [7, 11) is 0. The lowest BCUT2D eigenvalue weighted by Gasteiger charge is -2.17. The van der Waals surface area contributed by atoms with Crippen LogP contribution in [0.4, 0.5) is 20.6 Å². The van der Waals surface area contributed by atoms with Gasteiger partial charge in [0.25, 0.3) is 0 Å². The molecule has 3 amide bonds. The van der Waals surface area contributed by atoms with E-state index in [0.717, 1.165) is 5.69 Å².